The van der Waals surface area contributed by atoms with Crippen LogP contribution in [0.4, 0.5) is 14.5 Å². The molecule has 0 bridgehead atoms. The number of carbonyl (C=O) groups excluding carboxylic acids is 1. The van der Waals surface area contributed by atoms with E-state index >= 15 is 0 Å². The van der Waals surface area contributed by atoms with Gasteiger partial charge in [-0.2, -0.15) is 0 Å². The fourth-order valence-corrected chi connectivity index (χ4v) is 4.45. The van der Waals surface area contributed by atoms with Gasteiger partial charge in [-0.15, -0.1) is 11.3 Å². The minimum atomic E-state index is -0.743. The van der Waals surface area contributed by atoms with E-state index in [2.05, 4.69) is 10.3 Å². The summed E-state index contributed by atoms with van der Waals surface area (Å²) in [5, 5.41) is 2.87. The normalized spacial score (nSPS) is 13.6. The summed E-state index contributed by atoms with van der Waals surface area (Å²) in [6, 6.07) is 2.79. The molecule has 0 spiro atoms. The van der Waals surface area contributed by atoms with Crippen molar-refractivity contribution in [2.75, 3.05) is 5.32 Å². The van der Waals surface area contributed by atoms with Gasteiger partial charge in [0.15, 0.2) is 0 Å². The average Bonchev–Trinajstić information content (AvgIpc) is 3.00. The van der Waals surface area contributed by atoms with Crippen LogP contribution in [0, 0.1) is 11.6 Å². The van der Waals surface area contributed by atoms with Crippen molar-refractivity contribution < 1.29 is 13.6 Å². The Morgan fingerprint density at radius 3 is 2.92 bits per heavy atom. The molecule has 0 atom stereocenters. The number of rotatable bonds is 3. The number of thiophene rings is 1. The highest BCUT2D eigenvalue weighted by molar-refractivity contribution is 7.18. The summed E-state index contributed by atoms with van der Waals surface area (Å²) < 4.78 is 28.1. The molecule has 3 aromatic rings. The van der Waals surface area contributed by atoms with Gasteiger partial charge in [0.25, 0.3) is 5.56 Å². The average molecular weight is 375 g/mol. The van der Waals surface area contributed by atoms with Crippen LogP contribution < -0.4 is 10.9 Å². The van der Waals surface area contributed by atoms with E-state index in [-0.39, 0.29) is 17.8 Å². The van der Waals surface area contributed by atoms with Crippen molar-refractivity contribution in [2.24, 2.45) is 0 Å². The number of aromatic nitrogens is 2. The lowest BCUT2D eigenvalue weighted by molar-refractivity contribution is -0.116. The minimum absolute atomic E-state index is 0.259. The number of nitrogens with one attached hydrogen (secondary N) is 1. The molecular formula is C18H15F2N3O2S. The van der Waals surface area contributed by atoms with Gasteiger partial charge in [-0.1, -0.05) is 0 Å². The molecule has 1 aliphatic rings. The first-order chi connectivity index (χ1) is 12.5. The zero-order chi connectivity index (χ0) is 18.3. The standard InChI is InChI=1S/C18H15F2N3O2S/c19-10-5-6-12(20)13(7-10)22-15(24)8-23-9-21-17-16(18(23)25)11-3-1-2-4-14(11)26-17/h5-7,9H,1-4,8H2,(H,22,24). The third-order valence-electron chi connectivity index (χ3n) is 4.46. The number of carbonyl (C=O) groups is 1. The van der Waals surface area contributed by atoms with Crippen LogP contribution in [0.5, 0.6) is 0 Å². The molecule has 1 amide bonds. The van der Waals surface area contributed by atoms with Gasteiger partial charge in [-0.3, -0.25) is 14.2 Å². The van der Waals surface area contributed by atoms with Crippen molar-refractivity contribution in [3.05, 3.63) is 57.0 Å². The number of anilines is 1. The van der Waals surface area contributed by atoms with Crippen LogP contribution in [-0.4, -0.2) is 15.5 Å². The summed E-state index contributed by atoms with van der Waals surface area (Å²) in [5.41, 5.74) is 0.508. The van der Waals surface area contributed by atoms with E-state index in [4.69, 9.17) is 0 Å². The summed E-state index contributed by atoms with van der Waals surface area (Å²) >= 11 is 1.53. The first-order valence-electron chi connectivity index (χ1n) is 8.27. The lowest BCUT2D eigenvalue weighted by Crippen LogP contribution is -2.28. The molecule has 134 valence electrons. The third-order valence-corrected chi connectivity index (χ3v) is 5.66. The van der Waals surface area contributed by atoms with Gasteiger partial charge < -0.3 is 5.32 Å². The molecule has 0 saturated heterocycles. The molecule has 0 saturated carbocycles. The highest BCUT2D eigenvalue weighted by Gasteiger charge is 2.20. The summed E-state index contributed by atoms with van der Waals surface area (Å²) in [6.45, 7) is -0.317. The fraction of sp³-hybridized carbons (Fsp3) is 0.278. The maximum Gasteiger partial charge on any atom is 0.262 e. The highest BCUT2D eigenvalue weighted by atomic mass is 32.1. The maximum atomic E-state index is 13.6. The zero-order valence-corrected chi connectivity index (χ0v) is 14.5. The second-order valence-electron chi connectivity index (χ2n) is 6.24. The Morgan fingerprint density at radius 2 is 2.08 bits per heavy atom. The first kappa shape index (κ1) is 16.8. The molecule has 0 fully saturated rings. The number of hydrogen-bond acceptors (Lipinski definition) is 4. The zero-order valence-electron chi connectivity index (χ0n) is 13.7. The number of aryl methyl sites for hydroxylation is 2. The number of amides is 1. The summed E-state index contributed by atoms with van der Waals surface area (Å²) in [4.78, 5) is 31.2. The van der Waals surface area contributed by atoms with Crippen molar-refractivity contribution in [2.45, 2.75) is 32.2 Å². The Kier molecular flexibility index (Phi) is 4.28. The number of halogens is 2. The van der Waals surface area contributed by atoms with Gasteiger partial charge in [0.2, 0.25) is 5.91 Å². The second-order valence-corrected chi connectivity index (χ2v) is 7.32. The van der Waals surface area contributed by atoms with Gasteiger partial charge in [0, 0.05) is 10.9 Å². The van der Waals surface area contributed by atoms with Gasteiger partial charge in [0.05, 0.1) is 17.4 Å². The fourth-order valence-electron chi connectivity index (χ4n) is 3.23. The molecule has 8 heteroatoms. The molecule has 5 nitrogen and oxygen atoms in total. The second kappa shape index (κ2) is 6.60. The molecule has 2 heterocycles. The van der Waals surface area contributed by atoms with Crippen LogP contribution in [0.1, 0.15) is 23.3 Å². The Hall–Kier alpha value is -2.61. The monoisotopic (exact) mass is 375 g/mol. The van der Waals surface area contributed by atoms with E-state index < -0.39 is 17.5 Å². The Balaban J connectivity index is 1.63. The maximum absolute atomic E-state index is 13.6. The molecule has 1 N–H and O–H groups in total. The van der Waals surface area contributed by atoms with Crippen LogP contribution in [0.3, 0.4) is 0 Å². The molecule has 2 aromatic heterocycles. The lowest BCUT2D eigenvalue weighted by Gasteiger charge is -2.11. The number of hydrogen-bond donors (Lipinski definition) is 1. The van der Waals surface area contributed by atoms with Crippen molar-refractivity contribution in [1.82, 2.24) is 9.55 Å². The highest BCUT2D eigenvalue weighted by Crippen LogP contribution is 2.33. The summed E-state index contributed by atoms with van der Waals surface area (Å²) in [6.07, 6.45) is 5.27. The van der Waals surface area contributed by atoms with E-state index in [0.717, 1.165) is 49.4 Å². The molecule has 0 radical (unpaired) electrons. The summed E-state index contributed by atoms with van der Waals surface area (Å²) in [7, 11) is 0. The van der Waals surface area contributed by atoms with E-state index in [1.807, 2.05) is 0 Å². The van der Waals surface area contributed by atoms with Gasteiger partial charge >= 0.3 is 0 Å². The van der Waals surface area contributed by atoms with Gasteiger partial charge in [0.1, 0.15) is 23.0 Å². The smallest absolute Gasteiger partial charge is 0.262 e. The van der Waals surface area contributed by atoms with Crippen LogP contribution in [0.15, 0.2) is 29.3 Å². The molecule has 0 unspecified atom stereocenters. The topological polar surface area (TPSA) is 64.0 Å². The van der Waals surface area contributed by atoms with Crippen LogP contribution in [0.25, 0.3) is 10.2 Å². The first-order valence-corrected chi connectivity index (χ1v) is 9.09. The Bertz CT molecular complexity index is 1070. The van der Waals surface area contributed by atoms with Crippen molar-refractivity contribution in [3.63, 3.8) is 0 Å². The van der Waals surface area contributed by atoms with Crippen molar-refractivity contribution >= 4 is 33.1 Å². The number of benzene rings is 1. The van der Waals surface area contributed by atoms with E-state index in [1.54, 1.807) is 0 Å². The Labute approximate surface area is 151 Å². The van der Waals surface area contributed by atoms with E-state index in [1.165, 1.54) is 27.1 Å². The van der Waals surface area contributed by atoms with Crippen LogP contribution >= 0.6 is 11.3 Å². The van der Waals surface area contributed by atoms with Crippen LogP contribution in [-0.2, 0) is 24.2 Å². The number of nitrogens with zero attached hydrogens (tertiary/aromatic N) is 2. The molecular weight excluding hydrogens is 360 g/mol. The van der Waals surface area contributed by atoms with Crippen molar-refractivity contribution in [3.8, 4) is 0 Å². The molecule has 0 aliphatic heterocycles. The lowest BCUT2D eigenvalue weighted by atomic mass is 9.97. The molecule has 1 aromatic carbocycles. The molecule has 26 heavy (non-hydrogen) atoms. The minimum Gasteiger partial charge on any atom is -0.322 e. The quantitative estimate of drug-likeness (QED) is 0.764. The Morgan fingerprint density at radius 1 is 1.27 bits per heavy atom. The van der Waals surface area contributed by atoms with E-state index in [0.29, 0.717) is 10.2 Å². The van der Waals surface area contributed by atoms with Gasteiger partial charge in [-0.25, -0.2) is 13.8 Å². The molecule has 4 rings (SSSR count). The largest absolute Gasteiger partial charge is 0.322 e. The predicted octanol–water partition coefficient (Wildman–Crippen LogP) is 3.25. The third kappa shape index (κ3) is 3.01. The van der Waals surface area contributed by atoms with Gasteiger partial charge in [-0.05, 0) is 43.4 Å². The SMILES string of the molecule is O=C(Cn1cnc2sc3c(c2c1=O)CCCC3)Nc1cc(F)ccc1F. The predicted molar refractivity (Wildman–Crippen MR) is 95.5 cm³/mol. The van der Waals surface area contributed by atoms with E-state index in [9.17, 15) is 18.4 Å². The van der Waals surface area contributed by atoms with Crippen LogP contribution in [0.2, 0.25) is 0 Å². The van der Waals surface area contributed by atoms with Crippen molar-refractivity contribution in [1.29, 1.82) is 0 Å². The summed E-state index contributed by atoms with van der Waals surface area (Å²) in [5.74, 6) is -2.03. The number of fused-ring (bicyclic) bond motifs is 3. The molecule has 1 aliphatic carbocycles.